The van der Waals surface area contributed by atoms with E-state index in [2.05, 4.69) is 22.0 Å². The molecule has 0 aliphatic rings. The third kappa shape index (κ3) is 5.82. The van der Waals surface area contributed by atoms with Crippen LogP contribution >= 0.6 is 11.9 Å². The van der Waals surface area contributed by atoms with E-state index in [1.54, 1.807) is 23.0 Å². The van der Waals surface area contributed by atoms with Crippen molar-refractivity contribution in [1.82, 2.24) is 14.5 Å². The Hall–Kier alpha value is -2.35. The van der Waals surface area contributed by atoms with Gasteiger partial charge in [-0.25, -0.2) is 4.39 Å². The van der Waals surface area contributed by atoms with Crippen LogP contribution in [0.15, 0.2) is 65.8 Å². The first-order chi connectivity index (χ1) is 13.7. The molecule has 28 heavy (non-hydrogen) atoms. The van der Waals surface area contributed by atoms with Gasteiger partial charge in [0.05, 0.1) is 11.1 Å². The summed E-state index contributed by atoms with van der Waals surface area (Å²) in [4.78, 5) is 1.02. The van der Waals surface area contributed by atoms with E-state index in [0.717, 1.165) is 16.9 Å². The molecule has 148 valence electrons. The molecule has 0 spiro atoms. The zero-order valence-corrected chi connectivity index (χ0v) is 16.7. The van der Waals surface area contributed by atoms with Crippen molar-refractivity contribution in [2.75, 3.05) is 19.7 Å². The molecule has 7 heteroatoms. The minimum Gasteiger partial charge on any atom is -0.489 e. The monoisotopic (exact) mass is 400 g/mol. The van der Waals surface area contributed by atoms with Crippen LogP contribution in [-0.2, 0) is 13.5 Å². The number of halogens is 1. The van der Waals surface area contributed by atoms with Gasteiger partial charge in [0.25, 0.3) is 0 Å². The van der Waals surface area contributed by atoms with E-state index in [1.807, 2.05) is 31.4 Å². The van der Waals surface area contributed by atoms with Crippen LogP contribution in [0, 0.1) is 5.82 Å². The summed E-state index contributed by atoms with van der Waals surface area (Å²) in [5, 5.41) is 4.10. The van der Waals surface area contributed by atoms with Crippen LogP contribution in [0.2, 0.25) is 0 Å². The van der Waals surface area contributed by atoms with Gasteiger partial charge in [0.15, 0.2) is 11.6 Å². The van der Waals surface area contributed by atoms with Crippen LogP contribution in [0.3, 0.4) is 0 Å². The van der Waals surface area contributed by atoms with Gasteiger partial charge in [-0.05, 0) is 48.2 Å². The second-order valence-electron chi connectivity index (χ2n) is 6.51. The van der Waals surface area contributed by atoms with Crippen molar-refractivity contribution in [3.05, 3.63) is 77.9 Å². The Bertz CT molecular complexity index is 872. The second kappa shape index (κ2) is 10.3. The molecule has 1 unspecified atom stereocenters. The lowest BCUT2D eigenvalue weighted by Gasteiger charge is -2.17. The standard InChI is InChI=1S/C21H25FN4OS/c1-26-15-19(14-24-26)28-25-9-10-27-21-12-17(7-8-20(21)22)18(13-23)11-16-5-3-2-4-6-16/h2-8,12,14-15,18,25H,9-11,13,23H2,1H3. The fourth-order valence-corrected chi connectivity index (χ4v) is 3.57. The summed E-state index contributed by atoms with van der Waals surface area (Å²) in [6, 6.07) is 15.2. The molecule has 0 saturated carbocycles. The van der Waals surface area contributed by atoms with Crippen molar-refractivity contribution < 1.29 is 9.13 Å². The number of nitrogens with one attached hydrogen (secondary N) is 1. The van der Waals surface area contributed by atoms with E-state index in [9.17, 15) is 4.39 Å². The summed E-state index contributed by atoms with van der Waals surface area (Å²) in [5.41, 5.74) is 8.18. The van der Waals surface area contributed by atoms with Gasteiger partial charge in [0.1, 0.15) is 6.61 Å². The van der Waals surface area contributed by atoms with Crippen LogP contribution in [0.25, 0.3) is 0 Å². The van der Waals surface area contributed by atoms with Crippen molar-refractivity contribution in [1.29, 1.82) is 0 Å². The van der Waals surface area contributed by atoms with Gasteiger partial charge < -0.3 is 10.5 Å². The average Bonchev–Trinajstić information content (AvgIpc) is 3.13. The maximum Gasteiger partial charge on any atom is 0.165 e. The minimum absolute atomic E-state index is 0.115. The molecule has 5 nitrogen and oxygen atoms in total. The Morgan fingerprint density at radius 2 is 2.07 bits per heavy atom. The van der Waals surface area contributed by atoms with Gasteiger partial charge in [0.2, 0.25) is 0 Å². The van der Waals surface area contributed by atoms with Crippen molar-refractivity contribution in [3.63, 3.8) is 0 Å². The highest BCUT2D eigenvalue weighted by Crippen LogP contribution is 2.26. The van der Waals surface area contributed by atoms with E-state index in [0.29, 0.717) is 19.7 Å². The van der Waals surface area contributed by atoms with Gasteiger partial charge in [-0.15, -0.1) is 0 Å². The topological polar surface area (TPSA) is 65.1 Å². The fourth-order valence-electron chi connectivity index (χ4n) is 2.91. The molecule has 0 fully saturated rings. The number of benzene rings is 2. The molecule has 0 amide bonds. The minimum atomic E-state index is -0.362. The highest BCUT2D eigenvalue weighted by molar-refractivity contribution is 7.97. The second-order valence-corrected chi connectivity index (χ2v) is 7.47. The van der Waals surface area contributed by atoms with Crippen molar-refractivity contribution in [2.45, 2.75) is 17.2 Å². The average molecular weight is 401 g/mol. The van der Waals surface area contributed by atoms with Gasteiger partial charge in [-0.1, -0.05) is 36.4 Å². The van der Waals surface area contributed by atoms with Crippen LogP contribution in [0.4, 0.5) is 4.39 Å². The van der Waals surface area contributed by atoms with Crippen LogP contribution < -0.4 is 15.2 Å². The van der Waals surface area contributed by atoms with Crippen LogP contribution in [0.5, 0.6) is 5.75 Å². The predicted octanol–water partition coefficient (Wildman–Crippen LogP) is 3.52. The Labute approximate surface area is 169 Å². The quantitative estimate of drug-likeness (QED) is 0.403. The molecule has 3 aromatic rings. The number of aromatic nitrogens is 2. The zero-order chi connectivity index (χ0) is 19.8. The highest BCUT2D eigenvalue weighted by Gasteiger charge is 2.14. The van der Waals surface area contributed by atoms with E-state index >= 15 is 0 Å². The molecule has 0 radical (unpaired) electrons. The molecule has 3 rings (SSSR count). The number of nitrogens with zero attached hydrogens (tertiary/aromatic N) is 2. The number of rotatable bonds is 10. The molecule has 2 aromatic carbocycles. The zero-order valence-electron chi connectivity index (χ0n) is 15.8. The summed E-state index contributed by atoms with van der Waals surface area (Å²) in [6.45, 7) is 1.43. The van der Waals surface area contributed by atoms with Crippen LogP contribution in [-0.4, -0.2) is 29.5 Å². The van der Waals surface area contributed by atoms with Gasteiger partial charge in [-0.2, -0.15) is 5.10 Å². The predicted molar refractivity (Wildman–Crippen MR) is 111 cm³/mol. The van der Waals surface area contributed by atoms with Gasteiger partial charge >= 0.3 is 0 Å². The van der Waals surface area contributed by atoms with Crippen molar-refractivity contribution >= 4 is 11.9 Å². The van der Waals surface area contributed by atoms with Crippen LogP contribution in [0.1, 0.15) is 17.0 Å². The Balaban J connectivity index is 1.54. The summed E-state index contributed by atoms with van der Waals surface area (Å²) < 4.78 is 24.7. The SMILES string of the molecule is Cn1cc(SNCCOc2cc(C(CN)Cc3ccccc3)ccc2F)cn1. The molecule has 0 aliphatic heterocycles. The maximum atomic E-state index is 14.1. The van der Waals surface area contributed by atoms with Crippen molar-refractivity contribution in [2.24, 2.45) is 12.8 Å². The molecule has 3 N–H and O–H groups in total. The molecule has 1 atom stereocenters. The number of ether oxygens (including phenoxy) is 1. The first-order valence-electron chi connectivity index (χ1n) is 9.20. The third-order valence-corrected chi connectivity index (χ3v) is 5.16. The molecule has 1 aromatic heterocycles. The maximum absolute atomic E-state index is 14.1. The van der Waals surface area contributed by atoms with E-state index < -0.39 is 0 Å². The first-order valence-corrected chi connectivity index (χ1v) is 10.0. The lowest BCUT2D eigenvalue weighted by atomic mass is 9.92. The number of aryl methyl sites for hydroxylation is 1. The molecule has 0 saturated heterocycles. The molecule has 0 bridgehead atoms. The van der Waals surface area contributed by atoms with Gasteiger partial charge in [0, 0.05) is 25.7 Å². The molecule has 1 heterocycles. The van der Waals surface area contributed by atoms with Crippen molar-refractivity contribution in [3.8, 4) is 5.75 Å². The summed E-state index contributed by atoms with van der Waals surface area (Å²) >= 11 is 1.47. The lowest BCUT2D eigenvalue weighted by molar-refractivity contribution is 0.307. The molecular weight excluding hydrogens is 375 g/mol. The highest BCUT2D eigenvalue weighted by atomic mass is 32.2. The fraction of sp³-hybridized carbons (Fsp3) is 0.286. The normalized spacial score (nSPS) is 12.1. The third-order valence-electron chi connectivity index (χ3n) is 4.37. The van der Waals surface area contributed by atoms with E-state index in [4.69, 9.17) is 10.5 Å². The molecular formula is C21H25FN4OS. The number of hydrogen-bond acceptors (Lipinski definition) is 5. The summed E-state index contributed by atoms with van der Waals surface area (Å²) in [6.07, 6.45) is 4.51. The number of hydrogen-bond donors (Lipinski definition) is 2. The Kier molecular flexibility index (Phi) is 7.47. The smallest absolute Gasteiger partial charge is 0.165 e. The Morgan fingerprint density at radius 3 is 2.79 bits per heavy atom. The first kappa shape index (κ1) is 20.4. The largest absolute Gasteiger partial charge is 0.489 e. The van der Waals surface area contributed by atoms with Gasteiger partial charge in [-0.3, -0.25) is 9.40 Å². The van der Waals surface area contributed by atoms with E-state index in [1.165, 1.54) is 23.6 Å². The Morgan fingerprint density at radius 1 is 1.25 bits per heavy atom. The lowest BCUT2D eigenvalue weighted by Crippen LogP contribution is -2.17. The summed E-state index contributed by atoms with van der Waals surface area (Å²) in [7, 11) is 1.87. The number of nitrogens with two attached hydrogens (primary N) is 1. The molecule has 0 aliphatic carbocycles. The summed E-state index contributed by atoms with van der Waals surface area (Å²) in [5.74, 6) is 0.0148. The van der Waals surface area contributed by atoms with E-state index in [-0.39, 0.29) is 17.5 Å².